The molecule has 0 aliphatic rings. The number of ether oxygens (including phenoxy) is 3. The van der Waals surface area contributed by atoms with Crippen molar-refractivity contribution in [3.05, 3.63) is 71.0 Å². The normalized spacial score (nSPS) is 11.5. The predicted molar refractivity (Wildman–Crippen MR) is 128 cm³/mol. The smallest absolute Gasteiger partial charge is 0.338 e. The summed E-state index contributed by atoms with van der Waals surface area (Å²) in [6, 6.07) is 18.4. The fraction of sp³-hybridized carbons (Fsp3) is 0.200. The highest BCUT2D eigenvalue weighted by Gasteiger charge is 2.15. The maximum Gasteiger partial charge on any atom is 0.338 e. The third-order valence-corrected chi connectivity index (χ3v) is 6.05. The number of methoxy groups -OCH3 is 1. The monoisotopic (exact) mass is 478 g/mol. The Labute approximate surface area is 199 Å². The summed E-state index contributed by atoms with van der Waals surface area (Å²) in [6.07, 6.45) is 0. The molecule has 1 amide bonds. The van der Waals surface area contributed by atoms with Gasteiger partial charge in [-0.25, -0.2) is 4.79 Å². The fourth-order valence-corrected chi connectivity index (χ4v) is 4.47. The molecule has 0 bridgehead atoms. The Morgan fingerprint density at radius 3 is 2.56 bits per heavy atom. The minimum absolute atomic E-state index is 0.132. The highest BCUT2D eigenvalue weighted by molar-refractivity contribution is 7.16. The van der Waals surface area contributed by atoms with E-state index in [-0.39, 0.29) is 19.8 Å². The molecule has 8 nitrogen and oxygen atoms in total. The number of thiazole rings is 1. The number of aromatic nitrogens is 1. The second-order valence-electron chi connectivity index (χ2n) is 7.25. The van der Waals surface area contributed by atoms with Crippen LogP contribution in [0.5, 0.6) is 5.75 Å². The van der Waals surface area contributed by atoms with E-state index in [9.17, 15) is 14.4 Å². The number of esters is 2. The molecule has 4 rings (SSSR count). The van der Waals surface area contributed by atoms with Crippen LogP contribution in [0.4, 0.5) is 0 Å². The second-order valence-corrected chi connectivity index (χ2v) is 8.26. The van der Waals surface area contributed by atoms with Gasteiger partial charge >= 0.3 is 11.9 Å². The van der Waals surface area contributed by atoms with Crippen LogP contribution in [0.2, 0.25) is 0 Å². The summed E-state index contributed by atoms with van der Waals surface area (Å²) in [5.74, 6) is -0.893. The van der Waals surface area contributed by atoms with Crippen LogP contribution in [-0.4, -0.2) is 42.7 Å². The number of nitrogens with zero attached hydrogens (tertiary/aromatic N) is 2. The van der Waals surface area contributed by atoms with Gasteiger partial charge in [0.25, 0.3) is 5.91 Å². The summed E-state index contributed by atoms with van der Waals surface area (Å²) >= 11 is 1.18. The molecular formula is C25H22N2O6S. The van der Waals surface area contributed by atoms with E-state index < -0.39 is 17.8 Å². The van der Waals surface area contributed by atoms with Gasteiger partial charge in [-0.2, -0.15) is 4.99 Å². The molecule has 0 aliphatic heterocycles. The van der Waals surface area contributed by atoms with E-state index >= 15 is 0 Å². The van der Waals surface area contributed by atoms with E-state index in [1.165, 1.54) is 18.4 Å². The first-order chi connectivity index (χ1) is 16.5. The predicted octanol–water partition coefficient (Wildman–Crippen LogP) is 3.71. The Morgan fingerprint density at radius 2 is 1.79 bits per heavy atom. The van der Waals surface area contributed by atoms with Crippen molar-refractivity contribution in [1.29, 1.82) is 0 Å². The van der Waals surface area contributed by atoms with E-state index in [4.69, 9.17) is 14.2 Å². The first-order valence-corrected chi connectivity index (χ1v) is 11.4. The van der Waals surface area contributed by atoms with Crippen molar-refractivity contribution in [1.82, 2.24) is 4.57 Å². The van der Waals surface area contributed by atoms with Crippen LogP contribution < -0.4 is 9.54 Å². The molecular weight excluding hydrogens is 456 g/mol. The molecule has 0 spiro atoms. The Morgan fingerprint density at radius 1 is 1.00 bits per heavy atom. The maximum atomic E-state index is 12.6. The van der Waals surface area contributed by atoms with E-state index in [1.54, 1.807) is 35.8 Å². The van der Waals surface area contributed by atoms with Gasteiger partial charge in [-0.05, 0) is 48.0 Å². The Bertz CT molecular complexity index is 1450. The van der Waals surface area contributed by atoms with Gasteiger partial charge in [-0.15, -0.1) is 0 Å². The lowest BCUT2D eigenvalue weighted by molar-refractivity contribution is -0.141. The zero-order chi connectivity index (χ0) is 24.1. The molecule has 0 radical (unpaired) electrons. The summed E-state index contributed by atoms with van der Waals surface area (Å²) in [7, 11) is 1.29. The van der Waals surface area contributed by atoms with Crippen molar-refractivity contribution >= 4 is 50.2 Å². The minimum atomic E-state index is -0.510. The van der Waals surface area contributed by atoms with Crippen molar-refractivity contribution in [2.75, 3.05) is 20.3 Å². The second kappa shape index (κ2) is 10.3. The molecule has 4 aromatic rings. The molecule has 0 atom stereocenters. The molecule has 0 unspecified atom stereocenters. The average molecular weight is 479 g/mol. The number of hydrogen-bond acceptors (Lipinski definition) is 7. The highest BCUT2D eigenvalue weighted by Crippen LogP contribution is 2.21. The van der Waals surface area contributed by atoms with Crippen molar-refractivity contribution in [3.63, 3.8) is 0 Å². The van der Waals surface area contributed by atoms with E-state index in [1.807, 2.05) is 36.4 Å². The molecule has 174 valence electrons. The van der Waals surface area contributed by atoms with Gasteiger partial charge < -0.3 is 18.8 Å². The maximum absolute atomic E-state index is 12.6. The van der Waals surface area contributed by atoms with Crippen molar-refractivity contribution < 1.29 is 28.6 Å². The van der Waals surface area contributed by atoms with Gasteiger partial charge in [0, 0.05) is 0 Å². The third kappa shape index (κ3) is 5.15. The van der Waals surface area contributed by atoms with Gasteiger partial charge in [0.15, 0.2) is 11.4 Å². The van der Waals surface area contributed by atoms with Crippen LogP contribution >= 0.6 is 11.3 Å². The summed E-state index contributed by atoms with van der Waals surface area (Å²) in [5, 5.41) is 2.07. The topological polar surface area (TPSA) is 96.2 Å². The molecule has 9 heteroatoms. The molecule has 0 aliphatic carbocycles. The van der Waals surface area contributed by atoms with Crippen LogP contribution in [0.3, 0.4) is 0 Å². The SMILES string of the molecule is CCOC(=O)c1ccc2c(c1)sc(=NC(=O)COc1ccc3ccccc3c1)n2CC(=O)OC. The number of rotatable bonds is 7. The standard InChI is InChI=1S/C25H22N2O6S/c1-3-32-24(30)18-9-11-20-21(13-18)34-25(27(20)14-23(29)31-2)26-22(28)15-33-19-10-8-16-6-4-5-7-17(16)12-19/h4-13H,3,14-15H2,1-2H3. The molecule has 3 aromatic carbocycles. The third-order valence-electron chi connectivity index (χ3n) is 5.01. The molecule has 1 aromatic heterocycles. The number of fused-ring (bicyclic) bond motifs is 2. The summed E-state index contributed by atoms with van der Waals surface area (Å²) in [6.45, 7) is 1.59. The largest absolute Gasteiger partial charge is 0.484 e. The van der Waals surface area contributed by atoms with Crippen LogP contribution in [0, 0.1) is 0 Å². The number of carbonyl (C=O) groups excluding carboxylic acids is 3. The fourth-order valence-electron chi connectivity index (χ4n) is 3.39. The van der Waals surface area contributed by atoms with Crippen LogP contribution in [-0.2, 0) is 25.6 Å². The van der Waals surface area contributed by atoms with Crippen molar-refractivity contribution in [3.8, 4) is 5.75 Å². The Hall–Kier alpha value is -3.98. The number of benzene rings is 3. The lowest BCUT2D eigenvalue weighted by Crippen LogP contribution is -2.23. The van der Waals surface area contributed by atoms with Crippen LogP contribution in [0.25, 0.3) is 21.0 Å². The van der Waals surface area contributed by atoms with E-state index in [2.05, 4.69) is 4.99 Å². The molecule has 34 heavy (non-hydrogen) atoms. The van der Waals surface area contributed by atoms with Crippen molar-refractivity contribution in [2.24, 2.45) is 4.99 Å². The molecule has 1 heterocycles. The molecule has 0 saturated carbocycles. The summed E-state index contributed by atoms with van der Waals surface area (Å²) in [5.41, 5.74) is 1.02. The highest BCUT2D eigenvalue weighted by atomic mass is 32.1. The molecule has 0 fully saturated rings. The Balaban J connectivity index is 1.62. The van der Waals surface area contributed by atoms with E-state index in [0.29, 0.717) is 26.3 Å². The number of hydrogen-bond donors (Lipinski definition) is 0. The molecule has 0 N–H and O–H groups in total. The van der Waals surface area contributed by atoms with Gasteiger partial charge in [-0.1, -0.05) is 41.7 Å². The zero-order valence-electron chi connectivity index (χ0n) is 18.6. The molecule has 0 saturated heterocycles. The van der Waals surface area contributed by atoms with Crippen LogP contribution in [0.1, 0.15) is 17.3 Å². The van der Waals surface area contributed by atoms with Gasteiger partial charge in [0.1, 0.15) is 12.3 Å². The minimum Gasteiger partial charge on any atom is -0.484 e. The van der Waals surface area contributed by atoms with Crippen LogP contribution in [0.15, 0.2) is 65.7 Å². The quantitative estimate of drug-likeness (QED) is 0.376. The first kappa shape index (κ1) is 23.2. The Kier molecular flexibility index (Phi) is 7.03. The van der Waals surface area contributed by atoms with E-state index in [0.717, 1.165) is 10.8 Å². The van der Waals surface area contributed by atoms with Crippen molar-refractivity contribution in [2.45, 2.75) is 13.5 Å². The first-order valence-electron chi connectivity index (χ1n) is 10.5. The summed E-state index contributed by atoms with van der Waals surface area (Å²) in [4.78, 5) is 41.1. The van der Waals surface area contributed by atoms with Gasteiger partial charge in [-0.3, -0.25) is 9.59 Å². The lowest BCUT2D eigenvalue weighted by Gasteiger charge is -2.06. The average Bonchev–Trinajstić information content (AvgIpc) is 3.18. The number of carbonyl (C=O) groups is 3. The van der Waals surface area contributed by atoms with Gasteiger partial charge in [0.05, 0.1) is 29.5 Å². The summed E-state index contributed by atoms with van der Waals surface area (Å²) < 4.78 is 17.7. The van der Waals surface area contributed by atoms with Gasteiger partial charge in [0.2, 0.25) is 0 Å². The zero-order valence-corrected chi connectivity index (χ0v) is 19.5. The lowest BCUT2D eigenvalue weighted by atomic mass is 10.1. The number of amides is 1.